The number of nitrogens with one attached hydrogen (secondary N) is 1. The maximum atomic E-state index is 9.44. The molecule has 0 aromatic heterocycles. The third-order valence-corrected chi connectivity index (χ3v) is 2.86. The van der Waals surface area contributed by atoms with E-state index in [-0.39, 0.29) is 12.1 Å². The van der Waals surface area contributed by atoms with Gasteiger partial charge in [0, 0.05) is 18.2 Å². The molecule has 3 nitrogen and oxygen atoms in total. The van der Waals surface area contributed by atoms with Crippen molar-refractivity contribution in [3.8, 4) is 0 Å². The molecule has 3 heteroatoms. The molecule has 0 aliphatic carbocycles. The minimum atomic E-state index is -0.119. The van der Waals surface area contributed by atoms with E-state index in [1.165, 1.54) is 0 Å². The summed E-state index contributed by atoms with van der Waals surface area (Å²) in [6.07, 6.45) is 0.906. The van der Waals surface area contributed by atoms with E-state index < -0.39 is 0 Å². The van der Waals surface area contributed by atoms with Gasteiger partial charge in [-0.1, -0.05) is 20.8 Å². The molecule has 0 aromatic carbocycles. The lowest BCUT2D eigenvalue weighted by molar-refractivity contribution is -0.0337. The Morgan fingerprint density at radius 1 is 1.62 bits per heavy atom. The van der Waals surface area contributed by atoms with Crippen LogP contribution in [0.25, 0.3) is 0 Å². The standard InChI is InChI=1S/C10H21NO2/c1-8(2)11-10(7-12)4-5-13-6-9(10)3/h8-9,11-12H,4-7H2,1-3H3. The van der Waals surface area contributed by atoms with E-state index in [1.807, 2.05) is 0 Å². The Bertz CT molecular complexity index is 161. The Morgan fingerprint density at radius 3 is 2.77 bits per heavy atom. The van der Waals surface area contributed by atoms with E-state index in [1.54, 1.807) is 0 Å². The third kappa shape index (κ3) is 2.42. The number of aliphatic hydroxyl groups excluding tert-OH is 1. The van der Waals surface area contributed by atoms with E-state index in [0.717, 1.165) is 19.6 Å². The van der Waals surface area contributed by atoms with Crippen LogP contribution in [-0.4, -0.2) is 36.5 Å². The number of aliphatic hydroxyl groups is 1. The van der Waals surface area contributed by atoms with Crippen LogP contribution in [0, 0.1) is 5.92 Å². The van der Waals surface area contributed by atoms with Crippen LogP contribution in [0.5, 0.6) is 0 Å². The second-order valence-corrected chi connectivity index (χ2v) is 4.34. The maximum Gasteiger partial charge on any atom is 0.0617 e. The van der Waals surface area contributed by atoms with E-state index >= 15 is 0 Å². The van der Waals surface area contributed by atoms with Gasteiger partial charge >= 0.3 is 0 Å². The lowest BCUT2D eigenvalue weighted by Crippen LogP contribution is -2.59. The van der Waals surface area contributed by atoms with Crippen molar-refractivity contribution < 1.29 is 9.84 Å². The van der Waals surface area contributed by atoms with E-state index in [4.69, 9.17) is 4.74 Å². The van der Waals surface area contributed by atoms with E-state index in [9.17, 15) is 5.11 Å². The van der Waals surface area contributed by atoms with Crippen LogP contribution in [0.3, 0.4) is 0 Å². The molecule has 0 spiro atoms. The molecule has 0 bridgehead atoms. The quantitative estimate of drug-likeness (QED) is 0.686. The Balaban J connectivity index is 2.64. The van der Waals surface area contributed by atoms with Crippen LogP contribution in [0.2, 0.25) is 0 Å². The summed E-state index contributed by atoms with van der Waals surface area (Å²) in [7, 11) is 0. The smallest absolute Gasteiger partial charge is 0.0617 e. The zero-order valence-corrected chi connectivity index (χ0v) is 8.84. The molecule has 2 N–H and O–H groups in total. The predicted molar refractivity (Wildman–Crippen MR) is 52.7 cm³/mol. The second kappa shape index (κ2) is 4.40. The summed E-state index contributed by atoms with van der Waals surface area (Å²) in [6.45, 7) is 8.06. The highest BCUT2D eigenvalue weighted by molar-refractivity contribution is 4.95. The van der Waals surface area contributed by atoms with Gasteiger partial charge < -0.3 is 15.2 Å². The van der Waals surface area contributed by atoms with Gasteiger partial charge in [0.2, 0.25) is 0 Å². The fourth-order valence-electron chi connectivity index (χ4n) is 1.99. The summed E-state index contributed by atoms with van der Waals surface area (Å²) in [5.41, 5.74) is -0.119. The number of hydrogen-bond donors (Lipinski definition) is 2. The monoisotopic (exact) mass is 187 g/mol. The van der Waals surface area contributed by atoms with Gasteiger partial charge in [0.1, 0.15) is 0 Å². The van der Waals surface area contributed by atoms with Gasteiger partial charge in [-0.15, -0.1) is 0 Å². The molecule has 1 fully saturated rings. The van der Waals surface area contributed by atoms with Gasteiger partial charge in [-0.05, 0) is 12.3 Å². The van der Waals surface area contributed by atoms with Gasteiger partial charge in [-0.3, -0.25) is 0 Å². The largest absolute Gasteiger partial charge is 0.394 e. The summed E-state index contributed by atoms with van der Waals surface area (Å²) in [5, 5.41) is 12.9. The molecule has 13 heavy (non-hydrogen) atoms. The molecular formula is C10H21NO2. The van der Waals surface area contributed by atoms with Crippen molar-refractivity contribution in [2.45, 2.75) is 38.8 Å². The second-order valence-electron chi connectivity index (χ2n) is 4.34. The fourth-order valence-corrected chi connectivity index (χ4v) is 1.99. The molecule has 0 aromatic rings. The molecule has 0 amide bonds. The predicted octanol–water partition coefficient (Wildman–Crippen LogP) is 0.772. The van der Waals surface area contributed by atoms with Crippen molar-refractivity contribution >= 4 is 0 Å². The van der Waals surface area contributed by atoms with Crippen LogP contribution in [0.15, 0.2) is 0 Å². The summed E-state index contributed by atoms with van der Waals surface area (Å²) in [6, 6.07) is 0.410. The van der Waals surface area contributed by atoms with Gasteiger partial charge in [-0.2, -0.15) is 0 Å². The summed E-state index contributed by atoms with van der Waals surface area (Å²) in [4.78, 5) is 0. The first-order valence-corrected chi connectivity index (χ1v) is 5.07. The average molecular weight is 187 g/mol. The molecule has 78 valence electrons. The summed E-state index contributed by atoms with van der Waals surface area (Å²) in [5.74, 6) is 0.383. The minimum absolute atomic E-state index is 0.119. The lowest BCUT2D eigenvalue weighted by atomic mass is 9.81. The molecule has 1 heterocycles. The van der Waals surface area contributed by atoms with Crippen molar-refractivity contribution in [3.63, 3.8) is 0 Å². The third-order valence-electron chi connectivity index (χ3n) is 2.86. The average Bonchev–Trinajstić information content (AvgIpc) is 2.08. The molecule has 0 radical (unpaired) electrons. The SMILES string of the molecule is CC(C)NC1(CO)CCOCC1C. The van der Waals surface area contributed by atoms with Crippen LogP contribution in [0.1, 0.15) is 27.2 Å². The van der Waals surface area contributed by atoms with Crippen LogP contribution in [-0.2, 0) is 4.74 Å². The molecule has 1 aliphatic rings. The number of ether oxygens (including phenoxy) is 1. The Hall–Kier alpha value is -0.120. The highest BCUT2D eigenvalue weighted by Gasteiger charge is 2.38. The zero-order chi connectivity index (χ0) is 9.90. The molecule has 2 atom stereocenters. The molecule has 1 rings (SSSR count). The van der Waals surface area contributed by atoms with Gasteiger partial charge in [-0.25, -0.2) is 0 Å². The van der Waals surface area contributed by atoms with Gasteiger partial charge in [0.05, 0.1) is 13.2 Å². The maximum absolute atomic E-state index is 9.44. The number of hydrogen-bond acceptors (Lipinski definition) is 3. The van der Waals surface area contributed by atoms with Gasteiger partial charge in [0.25, 0.3) is 0 Å². The molecular weight excluding hydrogens is 166 g/mol. The van der Waals surface area contributed by atoms with Crippen molar-refractivity contribution in [2.75, 3.05) is 19.8 Å². The first-order chi connectivity index (χ1) is 6.10. The van der Waals surface area contributed by atoms with Crippen LogP contribution < -0.4 is 5.32 Å². The van der Waals surface area contributed by atoms with E-state index in [2.05, 4.69) is 26.1 Å². The van der Waals surface area contributed by atoms with Crippen molar-refractivity contribution in [3.05, 3.63) is 0 Å². The molecule has 1 saturated heterocycles. The molecule has 0 saturated carbocycles. The van der Waals surface area contributed by atoms with Crippen molar-refractivity contribution in [2.24, 2.45) is 5.92 Å². The van der Waals surface area contributed by atoms with Crippen LogP contribution >= 0.6 is 0 Å². The van der Waals surface area contributed by atoms with Gasteiger partial charge in [0.15, 0.2) is 0 Å². The summed E-state index contributed by atoms with van der Waals surface area (Å²) >= 11 is 0. The summed E-state index contributed by atoms with van der Waals surface area (Å²) < 4.78 is 5.37. The molecule has 2 unspecified atom stereocenters. The Labute approximate surface area is 80.5 Å². The van der Waals surface area contributed by atoms with Crippen molar-refractivity contribution in [1.29, 1.82) is 0 Å². The topological polar surface area (TPSA) is 41.5 Å². The minimum Gasteiger partial charge on any atom is -0.394 e. The normalized spacial score (nSPS) is 35.3. The Morgan fingerprint density at radius 2 is 2.31 bits per heavy atom. The first-order valence-electron chi connectivity index (χ1n) is 5.07. The van der Waals surface area contributed by atoms with Crippen molar-refractivity contribution in [1.82, 2.24) is 5.32 Å². The number of rotatable bonds is 3. The van der Waals surface area contributed by atoms with E-state index in [0.29, 0.717) is 12.0 Å². The van der Waals surface area contributed by atoms with Crippen LogP contribution in [0.4, 0.5) is 0 Å². The molecule has 1 aliphatic heterocycles. The zero-order valence-electron chi connectivity index (χ0n) is 8.84. The fraction of sp³-hybridized carbons (Fsp3) is 1.00. The highest BCUT2D eigenvalue weighted by Crippen LogP contribution is 2.26. The lowest BCUT2D eigenvalue weighted by Gasteiger charge is -2.43. The Kier molecular flexibility index (Phi) is 3.71. The highest BCUT2D eigenvalue weighted by atomic mass is 16.5. The first kappa shape index (κ1) is 11.0.